The molecular formula is C15H30N2. The molecule has 0 bridgehead atoms. The highest BCUT2D eigenvalue weighted by atomic mass is 15.1. The van der Waals surface area contributed by atoms with Gasteiger partial charge in [-0.15, -0.1) is 0 Å². The summed E-state index contributed by atoms with van der Waals surface area (Å²) in [6.07, 6.45) is 11.5. The molecule has 0 amide bonds. The van der Waals surface area contributed by atoms with Gasteiger partial charge >= 0.3 is 0 Å². The largest absolute Gasteiger partial charge is 0.314 e. The minimum Gasteiger partial charge on any atom is -0.314 e. The van der Waals surface area contributed by atoms with Crippen molar-refractivity contribution < 1.29 is 0 Å². The van der Waals surface area contributed by atoms with Crippen molar-refractivity contribution in [3.63, 3.8) is 0 Å². The Hall–Kier alpha value is -0.0800. The first-order valence-electron chi connectivity index (χ1n) is 7.69. The fraction of sp³-hybridized carbons (Fsp3) is 1.00. The predicted octanol–water partition coefficient (Wildman–Crippen LogP) is 3.03. The van der Waals surface area contributed by atoms with Gasteiger partial charge in [0.1, 0.15) is 0 Å². The smallest absolute Gasteiger partial charge is 0.00760 e. The van der Waals surface area contributed by atoms with Crippen LogP contribution in [0.4, 0.5) is 0 Å². The zero-order chi connectivity index (χ0) is 12.1. The van der Waals surface area contributed by atoms with Crippen molar-refractivity contribution in [3.05, 3.63) is 0 Å². The Balaban J connectivity index is 1.57. The Bertz CT molecular complexity index is 207. The van der Waals surface area contributed by atoms with Crippen molar-refractivity contribution in [1.29, 1.82) is 0 Å². The summed E-state index contributed by atoms with van der Waals surface area (Å²) in [6, 6.07) is 1.61. The molecule has 0 spiro atoms. The van der Waals surface area contributed by atoms with Crippen LogP contribution in [0.1, 0.15) is 58.3 Å². The van der Waals surface area contributed by atoms with E-state index in [1.807, 2.05) is 0 Å². The van der Waals surface area contributed by atoms with E-state index in [0.29, 0.717) is 0 Å². The van der Waals surface area contributed by atoms with Crippen LogP contribution in [-0.2, 0) is 0 Å². The van der Waals surface area contributed by atoms with Crippen molar-refractivity contribution in [3.8, 4) is 0 Å². The number of nitrogens with zero attached hydrogens (tertiary/aromatic N) is 1. The second-order valence-corrected chi connectivity index (χ2v) is 6.31. The van der Waals surface area contributed by atoms with Crippen molar-refractivity contribution in [1.82, 2.24) is 10.2 Å². The monoisotopic (exact) mass is 238 g/mol. The molecule has 1 N–H and O–H groups in total. The molecule has 2 saturated carbocycles. The van der Waals surface area contributed by atoms with E-state index in [2.05, 4.69) is 24.2 Å². The molecule has 0 aromatic rings. The summed E-state index contributed by atoms with van der Waals surface area (Å²) in [5.74, 6) is 0.979. The van der Waals surface area contributed by atoms with E-state index in [-0.39, 0.29) is 0 Å². The minimum absolute atomic E-state index is 0.739. The van der Waals surface area contributed by atoms with E-state index < -0.39 is 0 Å². The van der Waals surface area contributed by atoms with Crippen molar-refractivity contribution in [2.45, 2.75) is 70.4 Å². The van der Waals surface area contributed by atoms with Gasteiger partial charge in [0, 0.05) is 18.6 Å². The lowest BCUT2D eigenvalue weighted by Crippen LogP contribution is -2.36. The molecule has 2 aliphatic carbocycles. The van der Waals surface area contributed by atoms with Crippen LogP contribution in [0.2, 0.25) is 0 Å². The highest BCUT2D eigenvalue weighted by Gasteiger charge is 2.21. The fourth-order valence-electron chi connectivity index (χ4n) is 2.96. The first-order valence-corrected chi connectivity index (χ1v) is 7.69. The fourth-order valence-corrected chi connectivity index (χ4v) is 2.96. The van der Waals surface area contributed by atoms with Crippen LogP contribution in [0.3, 0.4) is 0 Å². The van der Waals surface area contributed by atoms with Crippen LogP contribution in [-0.4, -0.2) is 37.1 Å². The summed E-state index contributed by atoms with van der Waals surface area (Å²) in [5, 5.41) is 3.62. The van der Waals surface area contributed by atoms with Gasteiger partial charge in [-0.2, -0.15) is 0 Å². The molecule has 100 valence electrons. The number of nitrogens with one attached hydrogen (secondary N) is 1. The van der Waals surface area contributed by atoms with Crippen molar-refractivity contribution in [2.24, 2.45) is 5.92 Å². The summed E-state index contributed by atoms with van der Waals surface area (Å²) >= 11 is 0. The average molecular weight is 238 g/mol. The van der Waals surface area contributed by atoms with Crippen LogP contribution in [0, 0.1) is 5.92 Å². The molecule has 0 heterocycles. The van der Waals surface area contributed by atoms with E-state index in [1.54, 1.807) is 0 Å². The topological polar surface area (TPSA) is 15.3 Å². The predicted molar refractivity (Wildman–Crippen MR) is 74.3 cm³/mol. The lowest BCUT2D eigenvalue weighted by atomic mass is 9.89. The molecule has 17 heavy (non-hydrogen) atoms. The van der Waals surface area contributed by atoms with Gasteiger partial charge in [-0.05, 0) is 58.5 Å². The standard InChI is InChI=1S/C15H30N2/c1-13(10-11-16-15-8-9-15)17(2)12-14-6-4-3-5-7-14/h13-16H,3-12H2,1-2H3. The molecule has 0 radical (unpaired) electrons. The highest BCUT2D eigenvalue weighted by molar-refractivity contribution is 4.81. The molecule has 2 heteroatoms. The normalized spacial score (nSPS) is 24.2. The van der Waals surface area contributed by atoms with Gasteiger partial charge < -0.3 is 10.2 Å². The van der Waals surface area contributed by atoms with Crippen LogP contribution < -0.4 is 5.32 Å². The maximum atomic E-state index is 3.62. The molecule has 2 aliphatic rings. The van der Waals surface area contributed by atoms with Gasteiger partial charge in [0.25, 0.3) is 0 Å². The van der Waals surface area contributed by atoms with Gasteiger partial charge in [0.15, 0.2) is 0 Å². The van der Waals surface area contributed by atoms with Crippen molar-refractivity contribution >= 4 is 0 Å². The maximum Gasteiger partial charge on any atom is 0.00760 e. The van der Waals surface area contributed by atoms with Gasteiger partial charge in [0.2, 0.25) is 0 Å². The zero-order valence-electron chi connectivity index (χ0n) is 11.8. The zero-order valence-corrected chi connectivity index (χ0v) is 11.8. The SMILES string of the molecule is CC(CCNC1CC1)N(C)CC1CCCCC1. The molecule has 2 fully saturated rings. The van der Waals surface area contributed by atoms with Gasteiger partial charge in [-0.1, -0.05) is 19.3 Å². The van der Waals surface area contributed by atoms with E-state index in [4.69, 9.17) is 0 Å². The molecule has 0 aromatic heterocycles. The molecule has 0 aliphatic heterocycles. The second kappa shape index (κ2) is 6.75. The van der Waals surface area contributed by atoms with Crippen LogP contribution in [0.15, 0.2) is 0 Å². The molecule has 1 unspecified atom stereocenters. The number of hydrogen-bond donors (Lipinski definition) is 1. The summed E-state index contributed by atoms with van der Waals surface area (Å²) in [5.41, 5.74) is 0. The Morgan fingerprint density at radius 1 is 1.12 bits per heavy atom. The molecular weight excluding hydrogens is 208 g/mol. The number of rotatable bonds is 7. The van der Waals surface area contributed by atoms with E-state index in [0.717, 1.165) is 18.0 Å². The summed E-state index contributed by atoms with van der Waals surface area (Å²) < 4.78 is 0. The van der Waals surface area contributed by atoms with Crippen LogP contribution >= 0.6 is 0 Å². The third-order valence-corrected chi connectivity index (χ3v) is 4.60. The Morgan fingerprint density at radius 3 is 2.47 bits per heavy atom. The highest BCUT2D eigenvalue weighted by Crippen LogP contribution is 2.24. The molecule has 2 rings (SSSR count). The average Bonchev–Trinajstić information content (AvgIpc) is 3.14. The number of hydrogen-bond acceptors (Lipinski definition) is 2. The Kier molecular flexibility index (Phi) is 5.30. The lowest BCUT2D eigenvalue weighted by molar-refractivity contribution is 0.184. The summed E-state index contributed by atoms with van der Waals surface area (Å²) in [4.78, 5) is 2.59. The molecule has 0 aromatic carbocycles. The Morgan fingerprint density at radius 2 is 1.82 bits per heavy atom. The minimum atomic E-state index is 0.739. The molecule has 0 saturated heterocycles. The van der Waals surface area contributed by atoms with Crippen LogP contribution in [0.25, 0.3) is 0 Å². The van der Waals surface area contributed by atoms with E-state index >= 15 is 0 Å². The second-order valence-electron chi connectivity index (χ2n) is 6.31. The Labute approximate surface area is 107 Å². The van der Waals surface area contributed by atoms with Gasteiger partial charge in [0.05, 0.1) is 0 Å². The lowest BCUT2D eigenvalue weighted by Gasteiger charge is -2.31. The van der Waals surface area contributed by atoms with E-state index in [9.17, 15) is 0 Å². The first-order chi connectivity index (χ1) is 8.25. The third-order valence-electron chi connectivity index (χ3n) is 4.60. The quantitative estimate of drug-likeness (QED) is 0.733. The first kappa shape index (κ1) is 13.4. The van der Waals surface area contributed by atoms with Crippen LogP contribution in [0.5, 0.6) is 0 Å². The molecule has 1 atom stereocenters. The molecule has 2 nitrogen and oxygen atoms in total. The van der Waals surface area contributed by atoms with Gasteiger partial charge in [-0.25, -0.2) is 0 Å². The van der Waals surface area contributed by atoms with Crippen molar-refractivity contribution in [2.75, 3.05) is 20.1 Å². The third kappa shape index (κ3) is 4.97. The maximum absolute atomic E-state index is 3.62. The van der Waals surface area contributed by atoms with Gasteiger partial charge in [-0.3, -0.25) is 0 Å². The van der Waals surface area contributed by atoms with E-state index in [1.165, 1.54) is 64.5 Å². The summed E-state index contributed by atoms with van der Waals surface area (Å²) in [7, 11) is 2.32. The summed E-state index contributed by atoms with van der Waals surface area (Å²) in [6.45, 7) is 4.92.